The SMILES string of the molecule is CC(=O)c1cc(F)ccc1CNc1nccc2c1c(C)c(C)n2C. The first-order valence-corrected chi connectivity index (χ1v) is 7.84. The van der Waals surface area contributed by atoms with Crippen LogP contribution >= 0.6 is 0 Å². The predicted molar refractivity (Wildman–Crippen MR) is 93.9 cm³/mol. The molecule has 0 aliphatic carbocycles. The van der Waals surface area contributed by atoms with Gasteiger partial charge in [0.05, 0.1) is 5.52 Å². The van der Waals surface area contributed by atoms with Gasteiger partial charge in [0.25, 0.3) is 0 Å². The number of hydrogen-bond acceptors (Lipinski definition) is 3. The second kappa shape index (κ2) is 6.07. The lowest BCUT2D eigenvalue weighted by Crippen LogP contribution is -2.07. The fraction of sp³-hybridized carbons (Fsp3) is 0.263. The average molecular weight is 325 g/mol. The van der Waals surface area contributed by atoms with Crippen molar-refractivity contribution in [2.45, 2.75) is 27.3 Å². The molecule has 4 nitrogen and oxygen atoms in total. The Morgan fingerprint density at radius 3 is 2.75 bits per heavy atom. The number of anilines is 1. The summed E-state index contributed by atoms with van der Waals surface area (Å²) in [6.45, 7) is 6.01. The Balaban J connectivity index is 1.98. The van der Waals surface area contributed by atoms with Gasteiger partial charge in [0.1, 0.15) is 11.6 Å². The van der Waals surface area contributed by atoms with Crippen molar-refractivity contribution in [1.82, 2.24) is 9.55 Å². The molecule has 0 saturated heterocycles. The zero-order chi connectivity index (χ0) is 17.4. The highest BCUT2D eigenvalue weighted by atomic mass is 19.1. The molecule has 0 saturated carbocycles. The molecule has 0 unspecified atom stereocenters. The van der Waals surface area contributed by atoms with Crippen LogP contribution in [0, 0.1) is 19.7 Å². The standard InChI is InChI=1S/C19H20FN3O/c1-11-12(2)23(4)17-7-8-21-19(18(11)17)22-10-14-5-6-15(20)9-16(14)13(3)24/h5-9H,10H2,1-4H3,(H,21,22). The highest BCUT2D eigenvalue weighted by Gasteiger charge is 2.14. The molecule has 3 rings (SSSR count). The Morgan fingerprint density at radius 1 is 1.29 bits per heavy atom. The molecule has 1 aromatic carbocycles. The summed E-state index contributed by atoms with van der Waals surface area (Å²) in [5.74, 6) is 0.218. The summed E-state index contributed by atoms with van der Waals surface area (Å²) in [6.07, 6.45) is 1.76. The Labute approximate surface area is 140 Å². The Hall–Kier alpha value is -2.69. The summed E-state index contributed by atoms with van der Waals surface area (Å²) < 4.78 is 15.5. The van der Waals surface area contributed by atoms with E-state index in [2.05, 4.69) is 28.7 Å². The third kappa shape index (κ3) is 2.66. The number of halogens is 1. The fourth-order valence-corrected chi connectivity index (χ4v) is 3.06. The number of hydrogen-bond donors (Lipinski definition) is 1. The molecule has 3 aromatic rings. The molecular formula is C19H20FN3O. The zero-order valence-corrected chi connectivity index (χ0v) is 14.3. The highest BCUT2D eigenvalue weighted by molar-refractivity contribution is 5.96. The normalized spacial score (nSPS) is 11.0. The van der Waals surface area contributed by atoms with Gasteiger partial charge in [0.2, 0.25) is 0 Å². The summed E-state index contributed by atoms with van der Waals surface area (Å²) in [5.41, 5.74) is 4.62. The molecule has 0 bridgehead atoms. The average Bonchev–Trinajstić information content (AvgIpc) is 2.78. The van der Waals surface area contributed by atoms with Gasteiger partial charge in [-0.3, -0.25) is 4.79 Å². The van der Waals surface area contributed by atoms with Crippen LogP contribution in [-0.4, -0.2) is 15.3 Å². The molecule has 0 atom stereocenters. The van der Waals surface area contributed by atoms with Crippen molar-refractivity contribution in [3.05, 3.63) is 58.7 Å². The van der Waals surface area contributed by atoms with E-state index in [0.29, 0.717) is 12.1 Å². The van der Waals surface area contributed by atoms with Crippen molar-refractivity contribution in [1.29, 1.82) is 0 Å². The first-order chi connectivity index (χ1) is 11.4. The van der Waals surface area contributed by atoms with Crippen LogP contribution in [0.3, 0.4) is 0 Å². The highest BCUT2D eigenvalue weighted by Crippen LogP contribution is 2.29. The number of aryl methyl sites for hydroxylation is 2. The minimum absolute atomic E-state index is 0.149. The van der Waals surface area contributed by atoms with Gasteiger partial charge in [-0.1, -0.05) is 6.07 Å². The van der Waals surface area contributed by atoms with E-state index in [-0.39, 0.29) is 5.78 Å². The van der Waals surface area contributed by atoms with Gasteiger partial charge in [0.15, 0.2) is 5.78 Å². The van der Waals surface area contributed by atoms with Crippen molar-refractivity contribution in [3.8, 4) is 0 Å². The number of ketones is 1. The van der Waals surface area contributed by atoms with Gasteiger partial charge in [-0.25, -0.2) is 9.37 Å². The molecule has 2 heterocycles. The second-order valence-corrected chi connectivity index (χ2v) is 6.03. The van der Waals surface area contributed by atoms with E-state index in [1.54, 1.807) is 12.3 Å². The van der Waals surface area contributed by atoms with Crippen LogP contribution in [0.5, 0.6) is 0 Å². The van der Waals surface area contributed by atoms with E-state index in [4.69, 9.17) is 0 Å². The van der Waals surface area contributed by atoms with Crippen LogP contribution in [0.1, 0.15) is 34.1 Å². The monoisotopic (exact) mass is 325 g/mol. The van der Waals surface area contributed by atoms with Crippen LogP contribution in [0.2, 0.25) is 0 Å². The number of nitrogens with one attached hydrogen (secondary N) is 1. The number of Topliss-reactive ketones (excluding diaryl/α,β-unsaturated/α-hetero) is 1. The topological polar surface area (TPSA) is 46.9 Å². The maximum atomic E-state index is 13.4. The lowest BCUT2D eigenvalue weighted by atomic mass is 10.0. The molecule has 24 heavy (non-hydrogen) atoms. The summed E-state index contributed by atoms with van der Waals surface area (Å²) in [6, 6.07) is 6.28. The quantitative estimate of drug-likeness (QED) is 0.733. The zero-order valence-electron chi connectivity index (χ0n) is 14.3. The van der Waals surface area contributed by atoms with E-state index >= 15 is 0 Å². The van der Waals surface area contributed by atoms with E-state index in [9.17, 15) is 9.18 Å². The van der Waals surface area contributed by atoms with Gasteiger partial charge in [0, 0.05) is 36.4 Å². The molecule has 2 aromatic heterocycles. The van der Waals surface area contributed by atoms with Crippen LogP contribution < -0.4 is 5.32 Å². The summed E-state index contributed by atoms with van der Waals surface area (Å²) >= 11 is 0. The largest absolute Gasteiger partial charge is 0.365 e. The number of nitrogens with zero attached hydrogens (tertiary/aromatic N) is 2. The van der Waals surface area contributed by atoms with E-state index < -0.39 is 5.82 Å². The Bertz CT molecular complexity index is 943. The van der Waals surface area contributed by atoms with Crippen molar-refractivity contribution < 1.29 is 9.18 Å². The van der Waals surface area contributed by atoms with Gasteiger partial charge >= 0.3 is 0 Å². The molecular weight excluding hydrogens is 305 g/mol. The summed E-state index contributed by atoms with van der Waals surface area (Å²) in [4.78, 5) is 16.2. The van der Waals surface area contributed by atoms with E-state index in [1.807, 2.05) is 13.1 Å². The number of carbonyl (C=O) groups is 1. The first-order valence-electron chi connectivity index (χ1n) is 7.84. The predicted octanol–water partition coefficient (Wildman–Crippen LogP) is 4.14. The number of aromatic nitrogens is 2. The number of fused-ring (bicyclic) bond motifs is 1. The van der Waals surface area contributed by atoms with E-state index in [1.165, 1.54) is 30.3 Å². The van der Waals surface area contributed by atoms with Gasteiger partial charge < -0.3 is 9.88 Å². The van der Waals surface area contributed by atoms with Crippen molar-refractivity contribution in [2.24, 2.45) is 7.05 Å². The van der Waals surface area contributed by atoms with Crippen LogP contribution in [0.25, 0.3) is 10.9 Å². The molecule has 124 valence electrons. The smallest absolute Gasteiger partial charge is 0.160 e. The first kappa shape index (κ1) is 16.2. The Kier molecular flexibility index (Phi) is 4.09. The molecule has 0 amide bonds. The van der Waals surface area contributed by atoms with E-state index in [0.717, 1.165) is 22.3 Å². The minimum atomic E-state index is -0.404. The minimum Gasteiger partial charge on any atom is -0.365 e. The molecule has 0 fully saturated rings. The van der Waals surface area contributed by atoms with Crippen LogP contribution in [0.4, 0.5) is 10.2 Å². The lowest BCUT2D eigenvalue weighted by Gasteiger charge is -2.11. The summed E-state index contributed by atoms with van der Waals surface area (Å²) in [5, 5.41) is 4.37. The molecule has 5 heteroatoms. The molecule has 0 aliphatic heterocycles. The number of benzene rings is 1. The molecule has 1 N–H and O–H groups in total. The van der Waals surface area contributed by atoms with Crippen LogP contribution in [0.15, 0.2) is 30.5 Å². The van der Waals surface area contributed by atoms with Crippen molar-refractivity contribution >= 4 is 22.5 Å². The third-order valence-electron chi connectivity index (χ3n) is 4.61. The molecule has 0 spiro atoms. The van der Waals surface area contributed by atoms with Crippen molar-refractivity contribution in [3.63, 3.8) is 0 Å². The fourth-order valence-electron chi connectivity index (χ4n) is 3.06. The number of rotatable bonds is 4. The number of carbonyl (C=O) groups excluding carboxylic acids is 1. The van der Waals surface area contributed by atoms with Crippen LogP contribution in [-0.2, 0) is 13.6 Å². The van der Waals surface area contributed by atoms with Gasteiger partial charge in [-0.2, -0.15) is 0 Å². The maximum absolute atomic E-state index is 13.4. The maximum Gasteiger partial charge on any atom is 0.160 e. The number of pyridine rings is 1. The summed E-state index contributed by atoms with van der Waals surface area (Å²) in [7, 11) is 2.03. The third-order valence-corrected chi connectivity index (χ3v) is 4.61. The van der Waals surface area contributed by atoms with Gasteiger partial charge in [-0.05, 0) is 50.1 Å². The van der Waals surface area contributed by atoms with Crippen molar-refractivity contribution in [2.75, 3.05) is 5.32 Å². The lowest BCUT2D eigenvalue weighted by molar-refractivity contribution is 0.101. The molecule has 0 radical (unpaired) electrons. The van der Waals surface area contributed by atoms with Gasteiger partial charge in [-0.15, -0.1) is 0 Å². The molecule has 0 aliphatic rings. The Morgan fingerprint density at radius 2 is 2.04 bits per heavy atom. The second-order valence-electron chi connectivity index (χ2n) is 6.03.